The lowest BCUT2D eigenvalue weighted by molar-refractivity contribution is 0.00635. The van der Waals surface area contributed by atoms with Crippen molar-refractivity contribution in [2.24, 2.45) is 5.73 Å². The molecule has 0 radical (unpaired) electrons. The molecule has 7 heteroatoms. The van der Waals surface area contributed by atoms with Crippen molar-refractivity contribution in [3.05, 3.63) is 16.1 Å². The summed E-state index contributed by atoms with van der Waals surface area (Å²) >= 11 is 1.44. The van der Waals surface area contributed by atoms with Crippen LogP contribution in [0.15, 0.2) is 5.38 Å². The van der Waals surface area contributed by atoms with Gasteiger partial charge in [-0.15, -0.1) is 36.2 Å². The number of ether oxygens (including phenoxy) is 1. The maximum absolute atomic E-state index is 11.6. The molecule has 1 aromatic heterocycles. The van der Waals surface area contributed by atoms with Gasteiger partial charge in [0.25, 0.3) is 0 Å². The topological polar surface area (TPSA) is 65.2 Å². The van der Waals surface area contributed by atoms with Crippen LogP contribution in [0.3, 0.4) is 0 Å². The van der Waals surface area contributed by atoms with Crippen LogP contribution in [-0.4, -0.2) is 23.1 Å². The largest absolute Gasteiger partial charge is 0.455 e. The number of rotatable bonds is 3. The first-order valence-electron chi connectivity index (χ1n) is 4.80. The number of nitrogens with zero attached hydrogens (tertiary/aromatic N) is 1. The van der Waals surface area contributed by atoms with Crippen molar-refractivity contribution in [1.29, 1.82) is 0 Å². The predicted octanol–water partition coefficient (Wildman–Crippen LogP) is 2.44. The Labute approximate surface area is 118 Å². The van der Waals surface area contributed by atoms with Crippen molar-refractivity contribution < 1.29 is 9.53 Å². The quantitative estimate of drug-likeness (QED) is 0.871. The van der Waals surface area contributed by atoms with Crippen molar-refractivity contribution in [2.75, 3.05) is 6.54 Å². The van der Waals surface area contributed by atoms with Gasteiger partial charge in [0, 0.05) is 11.8 Å². The molecule has 1 rings (SSSR count). The van der Waals surface area contributed by atoms with E-state index in [1.807, 2.05) is 20.8 Å². The molecule has 4 nitrogen and oxygen atoms in total. The fourth-order valence-electron chi connectivity index (χ4n) is 0.973. The summed E-state index contributed by atoms with van der Waals surface area (Å²) < 4.78 is 5.19. The summed E-state index contributed by atoms with van der Waals surface area (Å²) in [5, 5.41) is 2.58. The van der Waals surface area contributed by atoms with Crippen LogP contribution < -0.4 is 5.73 Å². The molecule has 0 bridgehead atoms. The Morgan fingerprint density at radius 1 is 1.47 bits per heavy atom. The van der Waals surface area contributed by atoms with Crippen LogP contribution in [0, 0.1) is 0 Å². The van der Waals surface area contributed by atoms with Crippen LogP contribution in [0.4, 0.5) is 0 Å². The molecule has 0 saturated carbocycles. The predicted molar refractivity (Wildman–Crippen MR) is 74.5 cm³/mol. The maximum atomic E-state index is 11.6. The van der Waals surface area contributed by atoms with Crippen LogP contribution in [0.1, 0.15) is 36.3 Å². The van der Waals surface area contributed by atoms with Gasteiger partial charge < -0.3 is 10.5 Å². The third-order valence-corrected chi connectivity index (χ3v) is 2.43. The molecule has 0 atom stereocenters. The molecule has 1 heterocycles. The number of esters is 1. The molecule has 0 amide bonds. The Kier molecular flexibility index (Phi) is 8.79. The average Bonchev–Trinajstić information content (AvgIpc) is 2.50. The Bertz CT molecular complexity index is 350. The van der Waals surface area contributed by atoms with Crippen LogP contribution >= 0.6 is 36.2 Å². The Hall–Kier alpha value is -0.360. The van der Waals surface area contributed by atoms with Gasteiger partial charge in [-0.2, -0.15) is 0 Å². The molecule has 1 aromatic rings. The number of carbonyl (C=O) groups excluding carboxylic acids is 1. The van der Waals surface area contributed by atoms with Crippen molar-refractivity contribution in [3.8, 4) is 0 Å². The van der Waals surface area contributed by atoms with Gasteiger partial charge in [0.15, 0.2) is 5.69 Å². The first-order valence-corrected chi connectivity index (χ1v) is 5.68. The smallest absolute Gasteiger partial charge is 0.358 e. The average molecular weight is 301 g/mol. The second-order valence-corrected chi connectivity index (χ2v) is 5.11. The molecule has 0 fully saturated rings. The molecule has 2 N–H and O–H groups in total. The molecule has 0 aromatic carbocycles. The van der Waals surface area contributed by atoms with Crippen LogP contribution in [-0.2, 0) is 11.2 Å². The minimum atomic E-state index is -0.477. The van der Waals surface area contributed by atoms with Crippen molar-refractivity contribution in [1.82, 2.24) is 4.98 Å². The number of hydrogen-bond acceptors (Lipinski definition) is 5. The molecule has 100 valence electrons. The van der Waals surface area contributed by atoms with E-state index in [-0.39, 0.29) is 30.8 Å². The number of nitrogens with two attached hydrogens (primary N) is 1. The minimum absolute atomic E-state index is 0. The van der Waals surface area contributed by atoms with Crippen molar-refractivity contribution in [2.45, 2.75) is 32.8 Å². The van der Waals surface area contributed by atoms with E-state index in [4.69, 9.17) is 10.5 Å². The van der Waals surface area contributed by atoms with Gasteiger partial charge >= 0.3 is 5.97 Å². The van der Waals surface area contributed by atoms with Crippen molar-refractivity contribution >= 4 is 42.1 Å². The zero-order valence-corrected chi connectivity index (χ0v) is 12.5. The standard InChI is InChI=1S/C10H16N2O2S.2ClH/c1-10(2,3)14-9(13)7-6-15-8(12-7)4-5-11;;/h6H,4-5,11H2,1-3H3;2*1H. The number of aromatic nitrogens is 1. The Morgan fingerprint density at radius 3 is 2.53 bits per heavy atom. The highest BCUT2D eigenvalue weighted by Crippen LogP contribution is 2.15. The second-order valence-electron chi connectivity index (χ2n) is 4.17. The zero-order chi connectivity index (χ0) is 11.5. The summed E-state index contributed by atoms with van der Waals surface area (Å²) in [7, 11) is 0. The Morgan fingerprint density at radius 2 is 2.06 bits per heavy atom. The van der Waals surface area contributed by atoms with E-state index in [2.05, 4.69) is 4.98 Å². The van der Waals surface area contributed by atoms with Gasteiger partial charge in [0.1, 0.15) is 5.60 Å². The monoisotopic (exact) mass is 300 g/mol. The van der Waals surface area contributed by atoms with Gasteiger partial charge in [-0.05, 0) is 27.3 Å². The molecule has 0 saturated heterocycles. The number of carbonyl (C=O) groups is 1. The molecule has 0 unspecified atom stereocenters. The molecule has 0 aliphatic carbocycles. The van der Waals surface area contributed by atoms with Gasteiger partial charge in [-0.1, -0.05) is 0 Å². The SMILES string of the molecule is CC(C)(C)OC(=O)c1csc(CCN)n1.Cl.Cl. The first-order chi connectivity index (χ1) is 6.92. The lowest BCUT2D eigenvalue weighted by atomic mass is 10.2. The number of thiazole rings is 1. The summed E-state index contributed by atoms with van der Waals surface area (Å²) in [6.07, 6.45) is 0.702. The number of hydrogen-bond donors (Lipinski definition) is 1. The summed E-state index contributed by atoms with van der Waals surface area (Å²) in [5.74, 6) is -0.373. The maximum Gasteiger partial charge on any atom is 0.358 e. The van der Waals surface area contributed by atoms with E-state index in [9.17, 15) is 4.79 Å². The molecule has 17 heavy (non-hydrogen) atoms. The summed E-state index contributed by atoms with van der Waals surface area (Å²) in [4.78, 5) is 15.7. The molecular weight excluding hydrogens is 283 g/mol. The van der Waals surface area contributed by atoms with E-state index in [0.29, 0.717) is 18.7 Å². The lowest BCUT2D eigenvalue weighted by Crippen LogP contribution is -2.24. The normalized spacial score (nSPS) is 10.1. The molecule has 0 spiro atoms. The van der Waals surface area contributed by atoms with Gasteiger partial charge in [0.2, 0.25) is 0 Å². The fraction of sp³-hybridized carbons (Fsp3) is 0.600. The molecular formula is C10H18Cl2N2O2S. The molecule has 0 aliphatic heterocycles. The van der Waals surface area contributed by atoms with E-state index in [1.54, 1.807) is 5.38 Å². The van der Waals surface area contributed by atoms with Crippen LogP contribution in [0.5, 0.6) is 0 Å². The Balaban J connectivity index is 0. The fourth-order valence-corrected chi connectivity index (χ4v) is 1.76. The van der Waals surface area contributed by atoms with Crippen LogP contribution in [0.2, 0.25) is 0 Å². The highest BCUT2D eigenvalue weighted by Gasteiger charge is 2.19. The molecule has 0 aliphatic rings. The van der Waals surface area contributed by atoms with Crippen LogP contribution in [0.25, 0.3) is 0 Å². The third-order valence-electron chi connectivity index (χ3n) is 1.52. The van der Waals surface area contributed by atoms with E-state index in [1.165, 1.54) is 11.3 Å². The van der Waals surface area contributed by atoms with E-state index in [0.717, 1.165) is 5.01 Å². The third kappa shape index (κ3) is 6.83. The highest BCUT2D eigenvalue weighted by atomic mass is 35.5. The summed E-state index contributed by atoms with van der Waals surface area (Å²) in [6.45, 7) is 6.04. The summed E-state index contributed by atoms with van der Waals surface area (Å²) in [6, 6.07) is 0. The van der Waals surface area contributed by atoms with E-state index < -0.39 is 5.60 Å². The van der Waals surface area contributed by atoms with E-state index >= 15 is 0 Å². The lowest BCUT2D eigenvalue weighted by Gasteiger charge is -2.18. The first kappa shape index (κ1) is 19.0. The number of halogens is 2. The minimum Gasteiger partial charge on any atom is -0.455 e. The zero-order valence-electron chi connectivity index (χ0n) is 10.1. The van der Waals surface area contributed by atoms with Crippen molar-refractivity contribution in [3.63, 3.8) is 0 Å². The van der Waals surface area contributed by atoms with Gasteiger partial charge in [-0.25, -0.2) is 9.78 Å². The summed E-state index contributed by atoms with van der Waals surface area (Å²) in [5.41, 5.74) is 5.29. The second kappa shape index (κ2) is 7.87. The van der Waals surface area contributed by atoms with Gasteiger partial charge in [-0.3, -0.25) is 0 Å². The highest BCUT2D eigenvalue weighted by molar-refractivity contribution is 7.09. The van der Waals surface area contributed by atoms with Gasteiger partial charge in [0.05, 0.1) is 5.01 Å².